The maximum atomic E-state index is 11.4. The molecule has 6 heteroatoms. The van der Waals surface area contributed by atoms with Gasteiger partial charge in [-0.15, -0.1) is 0 Å². The summed E-state index contributed by atoms with van der Waals surface area (Å²) in [6, 6.07) is 30.8. The van der Waals surface area contributed by atoms with E-state index >= 15 is 0 Å². The Morgan fingerprint density at radius 2 is 1.21 bits per heavy atom. The monoisotopic (exact) mass is 462 g/mol. The van der Waals surface area contributed by atoms with Crippen molar-refractivity contribution >= 4 is 33.7 Å². The zero-order valence-corrected chi connectivity index (χ0v) is 18.8. The lowest BCUT2D eigenvalue weighted by Crippen LogP contribution is -2.03. The molecule has 1 N–H and O–H groups in total. The predicted molar refractivity (Wildman–Crippen MR) is 138 cm³/mol. The molecule has 0 spiro atoms. The van der Waals surface area contributed by atoms with Crippen LogP contribution in [0.25, 0.3) is 44.3 Å². The van der Waals surface area contributed by atoms with E-state index in [1.165, 1.54) is 6.07 Å². The number of aromatic amines is 1. The van der Waals surface area contributed by atoms with Crippen LogP contribution in [0, 0.1) is 0 Å². The molecule has 0 fully saturated rings. The average molecular weight is 463 g/mol. The van der Waals surface area contributed by atoms with Gasteiger partial charge in [0, 0.05) is 29.6 Å². The molecule has 0 radical (unpaired) electrons. The summed E-state index contributed by atoms with van der Waals surface area (Å²) in [6.07, 6.45) is 3.54. The van der Waals surface area contributed by atoms with E-state index in [-0.39, 0.29) is 5.56 Å². The molecular weight excluding hydrogens is 444 g/mol. The van der Waals surface area contributed by atoms with Crippen molar-refractivity contribution in [3.8, 4) is 22.3 Å². The maximum absolute atomic E-state index is 11.4. The third kappa shape index (κ3) is 4.56. The molecule has 6 aromatic rings. The molecular formula is C28H19ClN4O. The van der Waals surface area contributed by atoms with Crippen LogP contribution in [-0.4, -0.2) is 19.9 Å². The Kier molecular flexibility index (Phi) is 6.10. The first-order chi connectivity index (χ1) is 16.7. The van der Waals surface area contributed by atoms with Crippen LogP contribution in [0.5, 0.6) is 0 Å². The highest BCUT2D eigenvalue weighted by Gasteiger charge is 2.06. The van der Waals surface area contributed by atoms with Crippen molar-refractivity contribution in [3.63, 3.8) is 0 Å². The van der Waals surface area contributed by atoms with Crippen LogP contribution in [0.4, 0.5) is 0 Å². The number of aromatic nitrogens is 4. The molecule has 4 heterocycles. The van der Waals surface area contributed by atoms with Crippen LogP contribution < -0.4 is 5.56 Å². The molecule has 0 amide bonds. The standard InChI is InChI=1S/C14H9ClN2.C14H10N2O/c15-13-7-6-12-14(17-13)11(8-9-16-12)10-4-2-1-3-5-10;17-13-7-6-12-14(16-13)11(8-9-15-12)10-4-2-1-3-5-10/h1-9H;1-9H,(H,16,17). The third-order valence-corrected chi connectivity index (χ3v) is 5.55. The second-order valence-electron chi connectivity index (χ2n) is 7.53. The van der Waals surface area contributed by atoms with E-state index in [9.17, 15) is 4.79 Å². The summed E-state index contributed by atoms with van der Waals surface area (Å²) in [5, 5.41) is 0.489. The number of benzene rings is 2. The van der Waals surface area contributed by atoms with Crippen molar-refractivity contribution in [2.24, 2.45) is 0 Å². The largest absolute Gasteiger partial charge is 0.320 e. The number of hydrogen-bond acceptors (Lipinski definition) is 4. The summed E-state index contributed by atoms with van der Waals surface area (Å²) in [4.78, 5) is 27.1. The van der Waals surface area contributed by atoms with Gasteiger partial charge < -0.3 is 4.98 Å². The van der Waals surface area contributed by atoms with Gasteiger partial charge in [0.2, 0.25) is 5.56 Å². The molecule has 0 saturated carbocycles. The van der Waals surface area contributed by atoms with E-state index in [1.54, 1.807) is 24.5 Å². The lowest BCUT2D eigenvalue weighted by Gasteiger charge is -2.05. The maximum Gasteiger partial charge on any atom is 0.248 e. The van der Waals surface area contributed by atoms with Gasteiger partial charge in [0.25, 0.3) is 0 Å². The van der Waals surface area contributed by atoms with Crippen molar-refractivity contribution in [1.29, 1.82) is 0 Å². The minimum atomic E-state index is -0.109. The van der Waals surface area contributed by atoms with Crippen LogP contribution in [0.15, 0.2) is 114 Å². The van der Waals surface area contributed by atoms with Crippen molar-refractivity contribution in [1.82, 2.24) is 19.9 Å². The Balaban J connectivity index is 0.000000142. The lowest BCUT2D eigenvalue weighted by molar-refractivity contribution is 1.27. The first-order valence-electron chi connectivity index (χ1n) is 10.7. The van der Waals surface area contributed by atoms with Gasteiger partial charge in [0.15, 0.2) is 0 Å². The molecule has 0 aliphatic rings. The van der Waals surface area contributed by atoms with Crippen LogP contribution in [0.2, 0.25) is 5.15 Å². The van der Waals surface area contributed by atoms with Gasteiger partial charge in [-0.1, -0.05) is 72.3 Å². The first-order valence-corrected chi connectivity index (χ1v) is 11.1. The number of pyridine rings is 4. The Morgan fingerprint density at radius 3 is 1.91 bits per heavy atom. The quantitative estimate of drug-likeness (QED) is 0.296. The molecule has 2 aromatic carbocycles. The summed E-state index contributed by atoms with van der Waals surface area (Å²) >= 11 is 5.94. The number of halogens is 1. The number of nitrogens with one attached hydrogen (secondary N) is 1. The molecule has 0 bridgehead atoms. The molecule has 164 valence electrons. The Bertz CT molecular complexity index is 1630. The number of H-pyrrole nitrogens is 1. The van der Waals surface area contributed by atoms with E-state index < -0.39 is 0 Å². The van der Waals surface area contributed by atoms with Gasteiger partial charge in [-0.2, -0.15) is 0 Å². The molecule has 5 nitrogen and oxygen atoms in total. The van der Waals surface area contributed by atoms with Crippen LogP contribution in [-0.2, 0) is 0 Å². The molecule has 4 aromatic heterocycles. The number of rotatable bonds is 2. The van der Waals surface area contributed by atoms with E-state index in [4.69, 9.17) is 11.6 Å². The van der Waals surface area contributed by atoms with Crippen molar-refractivity contribution < 1.29 is 0 Å². The average Bonchev–Trinajstić information content (AvgIpc) is 2.89. The number of nitrogens with zero attached hydrogens (tertiary/aromatic N) is 3. The highest BCUT2D eigenvalue weighted by molar-refractivity contribution is 6.29. The smallest absolute Gasteiger partial charge is 0.248 e. The molecule has 0 aliphatic carbocycles. The molecule has 6 rings (SSSR count). The van der Waals surface area contributed by atoms with Gasteiger partial charge in [-0.05, 0) is 41.5 Å². The Morgan fingerprint density at radius 1 is 0.618 bits per heavy atom. The second-order valence-corrected chi connectivity index (χ2v) is 7.92. The van der Waals surface area contributed by atoms with Gasteiger partial charge in [-0.3, -0.25) is 14.8 Å². The van der Waals surface area contributed by atoms with Crippen molar-refractivity contribution in [3.05, 3.63) is 125 Å². The number of fused-ring (bicyclic) bond motifs is 2. The fourth-order valence-electron chi connectivity index (χ4n) is 3.77. The minimum Gasteiger partial charge on any atom is -0.320 e. The van der Waals surface area contributed by atoms with Gasteiger partial charge in [0.1, 0.15) is 5.15 Å². The highest BCUT2D eigenvalue weighted by Crippen LogP contribution is 2.27. The normalized spacial score (nSPS) is 10.6. The van der Waals surface area contributed by atoms with Crippen LogP contribution in [0.1, 0.15) is 0 Å². The van der Waals surface area contributed by atoms with E-state index in [2.05, 4.69) is 32.1 Å². The van der Waals surface area contributed by atoms with Gasteiger partial charge in [0.05, 0.1) is 22.1 Å². The summed E-state index contributed by atoms with van der Waals surface area (Å²) in [5.41, 5.74) is 7.41. The molecule has 0 saturated heterocycles. The Labute approximate surface area is 200 Å². The second kappa shape index (κ2) is 9.65. The van der Waals surface area contributed by atoms with E-state index in [0.717, 1.165) is 44.3 Å². The molecule has 0 unspecified atom stereocenters. The lowest BCUT2D eigenvalue weighted by atomic mass is 10.1. The number of hydrogen-bond donors (Lipinski definition) is 1. The van der Waals surface area contributed by atoms with Crippen molar-refractivity contribution in [2.75, 3.05) is 0 Å². The molecule has 34 heavy (non-hydrogen) atoms. The molecule has 0 aliphatic heterocycles. The summed E-state index contributed by atoms with van der Waals surface area (Å²) in [7, 11) is 0. The summed E-state index contributed by atoms with van der Waals surface area (Å²) < 4.78 is 0. The minimum absolute atomic E-state index is 0.109. The SMILES string of the molecule is Clc1ccc2nccc(-c3ccccc3)c2n1.O=c1ccc2nccc(-c3ccccc3)c2[nH]1. The summed E-state index contributed by atoms with van der Waals surface area (Å²) in [6.45, 7) is 0. The van der Waals surface area contributed by atoms with Gasteiger partial charge >= 0.3 is 0 Å². The first kappa shape index (κ1) is 21.5. The summed E-state index contributed by atoms with van der Waals surface area (Å²) in [5.74, 6) is 0. The zero-order chi connectivity index (χ0) is 23.3. The third-order valence-electron chi connectivity index (χ3n) is 5.34. The predicted octanol–water partition coefficient (Wildman–Crippen LogP) is 6.54. The fraction of sp³-hybridized carbons (Fsp3) is 0. The van der Waals surface area contributed by atoms with E-state index in [1.807, 2.05) is 66.7 Å². The highest BCUT2D eigenvalue weighted by atomic mass is 35.5. The van der Waals surface area contributed by atoms with Crippen LogP contribution in [0.3, 0.4) is 0 Å². The van der Waals surface area contributed by atoms with Crippen LogP contribution >= 0.6 is 11.6 Å². The fourth-order valence-corrected chi connectivity index (χ4v) is 3.91. The molecule has 0 atom stereocenters. The van der Waals surface area contributed by atoms with E-state index in [0.29, 0.717) is 5.15 Å². The zero-order valence-electron chi connectivity index (χ0n) is 18.0. The van der Waals surface area contributed by atoms with Gasteiger partial charge in [-0.25, -0.2) is 4.98 Å². The van der Waals surface area contributed by atoms with Crippen molar-refractivity contribution in [2.45, 2.75) is 0 Å². The topological polar surface area (TPSA) is 71.5 Å². The Hall–Kier alpha value is -4.35.